The smallest absolute Gasteiger partial charge is 0.306 e. The van der Waals surface area contributed by atoms with Gasteiger partial charge in [-0.05, 0) is 77.0 Å². The number of carboxylic acid groups (broad SMARTS) is 1. The van der Waals surface area contributed by atoms with Gasteiger partial charge in [0.1, 0.15) is 6.10 Å². The molecule has 4 nitrogen and oxygen atoms in total. The molecule has 40 heavy (non-hydrogen) atoms. The van der Waals surface area contributed by atoms with E-state index >= 15 is 0 Å². The lowest BCUT2D eigenvalue weighted by atomic mass is 10.0. The maximum atomic E-state index is 12.4. The van der Waals surface area contributed by atoms with Crippen LogP contribution in [0.5, 0.6) is 0 Å². The minimum atomic E-state index is -0.733. The van der Waals surface area contributed by atoms with Gasteiger partial charge in [0.25, 0.3) is 0 Å². The Morgan fingerprint density at radius 3 is 1.62 bits per heavy atom. The molecular formula is C36H62O4. The van der Waals surface area contributed by atoms with Crippen molar-refractivity contribution in [1.29, 1.82) is 0 Å². The second kappa shape index (κ2) is 31.4. The van der Waals surface area contributed by atoms with Crippen molar-refractivity contribution in [3.8, 4) is 0 Å². The van der Waals surface area contributed by atoms with Crippen LogP contribution in [-0.4, -0.2) is 23.1 Å². The first-order valence-electron chi connectivity index (χ1n) is 16.6. The quantitative estimate of drug-likeness (QED) is 0.0563. The van der Waals surface area contributed by atoms with Crippen LogP contribution >= 0.6 is 0 Å². The number of allylic oxidation sites excluding steroid dienone is 8. The summed E-state index contributed by atoms with van der Waals surface area (Å²) in [7, 11) is 0. The molecule has 0 aliphatic heterocycles. The van der Waals surface area contributed by atoms with Crippen LogP contribution in [0.1, 0.15) is 162 Å². The SMILES string of the molecule is CC/C=C\C/C=C\C/C=C\C/C=C\CCCCCCCCCCC(=O)OC(CCCCC)CCCCCC(=O)O. The molecule has 0 amide bonds. The summed E-state index contributed by atoms with van der Waals surface area (Å²) < 4.78 is 5.80. The number of carboxylic acids is 1. The molecule has 0 bridgehead atoms. The number of aliphatic carboxylic acids is 1. The molecule has 0 aromatic heterocycles. The zero-order chi connectivity index (χ0) is 29.4. The average molecular weight is 559 g/mol. The molecule has 230 valence electrons. The lowest BCUT2D eigenvalue weighted by molar-refractivity contribution is -0.150. The summed E-state index contributed by atoms with van der Waals surface area (Å²) in [4.78, 5) is 23.0. The third kappa shape index (κ3) is 30.4. The van der Waals surface area contributed by atoms with Crippen LogP contribution in [0, 0.1) is 0 Å². The first-order chi connectivity index (χ1) is 19.6. The van der Waals surface area contributed by atoms with Crippen LogP contribution in [0.4, 0.5) is 0 Å². The fraction of sp³-hybridized carbons (Fsp3) is 0.722. The third-order valence-corrected chi connectivity index (χ3v) is 7.07. The van der Waals surface area contributed by atoms with Crippen molar-refractivity contribution in [2.45, 2.75) is 168 Å². The summed E-state index contributed by atoms with van der Waals surface area (Å²) >= 11 is 0. The van der Waals surface area contributed by atoms with E-state index in [0.29, 0.717) is 12.8 Å². The molecule has 0 saturated carbocycles. The van der Waals surface area contributed by atoms with E-state index in [4.69, 9.17) is 9.84 Å². The highest BCUT2D eigenvalue weighted by Crippen LogP contribution is 2.17. The van der Waals surface area contributed by atoms with Gasteiger partial charge in [0.15, 0.2) is 0 Å². The van der Waals surface area contributed by atoms with E-state index < -0.39 is 5.97 Å². The molecule has 0 aliphatic carbocycles. The Kier molecular flexibility index (Phi) is 29.8. The van der Waals surface area contributed by atoms with E-state index in [1.807, 2.05) is 0 Å². The summed E-state index contributed by atoms with van der Waals surface area (Å²) in [6.45, 7) is 4.34. The largest absolute Gasteiger partial charge is 0.481 e. The van der Waals surface area contributed by atoms with Crippen molar-refractivity contribution >= 4 is 11.9 Å². The number of unbranched alkanes of at least 4 members (excludes halogenated alkanes) is 12. The van der Waals surface area contributed by atoms with Crippen molar-refractivity contribution < 1.29 is 19.4 Å². The van der Waals surface area contributed by atoms with Crippen molar-refractivity contribution in [3.63, 3.8) is 0 Å². The van der Waals surface area contributed by atoms with Crippen LogP contribution in [0.3, 0.4) is 0 Å². The first-order valence-corrected chi connectivity index (χ1v) is 16.6. The van der Waals surface area contributed by atoms with Gasteiger partial charge in [-0.15, -0.1) is 0 Å². The molecule has 0 aliphatic rings. The topological polar surface area (TPSA) is 63.6 Å². The van der Waals surface area contributed by atoms with Gasteiger partial charge in [0.2, 0.25) is 0 Å². The molecule has 1 N–H and O–H groups in total. The molecule has 0 spiro atoms. The Morgan fingerprint density at radius 1 is 0.575 bits per heavy atom. The Labute approximate surface area is 247 Å². The summed E-state index contributed by atoms with van der Waals surface area (Å²) in [5.41, 5.74) is 0. The minimum absolute atomic E-state index is 0.000518. The van der Waals surface area contributed by atoms with Gasteiger partial charge < -0.3 is 9.84 Å². The van der Waals surface area contributed by atoms with Gasteiger partial charge in [-0.25, -0.2) is 0 Å². The molecule has 0 aromatic rings. The van der Waals surface area contributed by atoms with Gasteiger partial charge >= 0.3 is 11.9 Å². The molecule has 0 aromatic carbocycles. The number of ether oxygens (including phenoxy) is 1. The summed E-state index contributed by atoms with van der Waals surface area (Å²) in [6.07, 6.45) is 41.5. The lowest BCUT2D eigenvalue weighted by Gasteiger charge is -2.18. The van der Waals surface area contributed by atoms with Crippen molar-refractivity contribution in [1.82, 2.24) is 0 Å². The highest BCUT2D eigenvalue weighted by molar-refractivity contribution is 5.69. The van der Waals surface area contributed by atoms with Crippen LogP contribution in [0.15, 0.2) is 48.6 Å². The van der Waals surface area contributed by atoms with E-state index in [0.717, 1.165) is 83.5 Å². The van der Waals surface area contributed by atoms with Crippen LogP contribution in [-0.2, 0) is 14.3 Å². The van der Waals surface area contributed by atoms with E-state index in [9.17, 15) is 9.59 Å². The predicted octanol–water partition coefficient (Wildman–Crippen LogP) is 11.2. The van der Waals surface area contributed by atoms with E-state index in [-0.39, 0.29) is 18.5 Å². The zero-order valence-electron chi connectivity index (χ0n) is 26.1. The second-order valence-electron chi connectivity index (χ2n) is 11.0. The minimum Gasteiger partial charge on any atom is -0.481 e. The first kappa shape index (κ1) is 37.9. The van der Waals surface area contributed by atoms with Crippen LogP contribution in [0.25, 0.3) is 0 Å². The molecule has 0 heterocycles. The number of rotatable bonds is 29. The molecule has 0 radical (unpaired) electrons. The van der Waals surface area contributed by atoms with Crippen molar-refractivity contribution in [2.75, 3.05) is 0 Å². The standard InChI is InChI=1S/C36H62O4/c1-3-5-7-8-9-10-11-12-13-14-15-16-17-18-19-20-21-22-23-24-29-33-36(39)40-34(30-26-6-4-2)31-27-25-28-32-35(37)38/h5,7,9-10,12-13,15-16,34H,3-4,6,8,11,14,17-33H2,1-2H3,(H,37,38)/b7-5-,10-9-,13-12-,16-15-. The monoisotopic (exact) mass is 558 g/mol. The Balaban J connectivity index is 3.68. The summed E-state index contributed by atoms with van der Waals surface area (Å²) in [5, 5.41) is 8.77. The molecule has 4 heteroatoms. The van der Waals surface area contributed by atoms with E-state index in [2.05, 4.69) is 62.5 Å². The normalized spacial score (nSPS) is 12.8. The Morgan fingerprint density at radius 2 is 1.05 bits per heavy atom. The molecule has 0 fully saturated rings. The maximum absolute atomic E-state index is 12.4. The summed E-state index contributed by atoms with van der Waals surface area (Å²) in [6, 6.07) is 0. The van der Waals surface area contributed by atoms with E-state index in [1.54, 1.807) is 0 Å². The molecule has 0 rings (SSSR count). The van der Waals surface area contributed by atoms with Crippen molar-refractivity contribution in [3.05, 3.63) is 48.6 Å². The molecular weight excluding hydrogens is 496 g/mol. The highest BCUT2D eigenvalue weighted by atomic mass is 16.5. The van der Waals surface area contributed by atoms with E-state index in [1.165, 1.54) is 44.9 Å². The predicted molar refractivity (Wildman–Crippen MR) is 172 cm³/mol. The average Bonchev–Trinajstić information content (AvgIpc) is 2.93. The van der Waals surface area contributed by atoms with Gasteiger partial charge in [0.05, 0.1) is 0 Å². The number of esters is 1. The van der Waals surface area contributed by atoms with Gasteiger partial charge in [-0.1, -0.05) is 120 Å². The van der Waals surface area contributed by atoms with Gasteiger partial charge in [0, 0.05) is 12.8 Å². The Bertz CT molecular complexity index is 689. The zero-order valence-corrected chi connectivity index (χ0v) is 26.1. The molecule has 0 saturated heterocycles. The Hall–Kier alpha value is -2.10. The number of carbonyl (C=O) groups is 2. The van der Waals surface area contributed by atoms with Gasteiger partial charge in [-0.3, -0.25) is 9.59 Å². The number of hydrogen-bond acceptors (Lipinski definition) is 3. The maximum Gasteiger partial charge on any atom is 0.306 e. The van der Waals surface area contributed by atoms with Crippen LogP contribution in [0.2, 0.25) is 0 Å². The second-order valence-corrected chi connectivity index (χ2v) is 11.0. The fourth-order valence-corrected chi connectivity index (χ4v) is 4.64. The molecule has 1 unspecified atom stereocenters. The number of carbonyl (C=O) groups excluding carboxylic acids is 1. The third-order valence-electron chi connectivity index (χ3n) is 7.07. The van der Waals surface area contributed by atoms with Crippen LogP contribution < -0.4 is 0 Å². The number of hydrogen-bond donors (Lipinski definition) is 1. The highest BCUT2D eigenvalue weighted by Gasteiger charge is 2.14. The fourth-order valence-electron chi connectivity index (χ4n) is 4.64. The molecule has 1 atom stereocenters. The summed E-state index contributed by atoms with van der Waals surface area (Å²) in [5.74, 6) is -0.786. The lowest BCUT2D eigenvalue weighted by Crippen LogP contribution is -2.18. The van der Waals surface area contributed by atoms with Crippen molar-refractivity contribution in [2.24, 2.45) is 0 Å². The van der Waals surface area contributed by atoms with Gasteiger partial charge in [-0.2, -0.15) is 0 Å².